The molecule has 8 nitrogen and oxygen atoms in total. The number of fused-ring (bicyclic) bond motifs is 1. The monoisotopic (exact) mass is 360 g/mol. The van der Waals surface area contributed by atoms with E-state index < -0.39 is 39.5 Å². The Morgan fingerprint density at radius 1 is 1.21 bits per heavy atom. The molecule has 0 radical (unpaired) electrons. The number of hydrogen-bond donors (Lipinski definition) is 0. The number of ether oxygens (including phenoxy) is 3. The van der Waals surface area contributed by atoms with Gasteiger partial charge >= 0.3 is 11.9 Å². The third-order valence-electron chi connectivity index (χ3n) is 4.74. The second kappa shape index (κ2) is 6.45. The Morgan fingerprint density at radius 2 is 1.92 bits per heavy atom. The average molecular weight is 360 g/mol. The molecule has 0 N–H and O–H groups in total. The summed E-state index contributed by atoms with van der Waals surface area (Å²) in [6.45, 7) is 4.54. The maximum absolute atomic E-state index is 11.8. The minimum absolute atomic E-state index is 0.0254. The molecule has 0 aromatic carbocycles. The third kappa shape index (κ3) is 3.20. The first-order valence-electron chi connectivity index (χ1n) is 7.81. The van der Waals surface area contributed by atoms with Crippen molar-refractivity contribution < 1.29 is 36.4 Å². The van der Waals surface area contributed by atoms with Crippen molar-refractivity contribution in [3.8, 4) is 0 Å². The summed E-state index contributed by atoms with van der Waals surface area (Å²) in [5.41, 5.74) is 0.269. The van der Waals surface area contributed by atoms with Crippen LogP contribution < -0.4 is 0 Å². The van der Waals surface area contributed by atoms with Gasteiger partial charge in [0, 0.05) is 11.5 Å². The van der Waals surface area contributed by atoms with Crippen LogP contribution in [0, 0.1) is 11.8 Å². The van der Waals surface area contributed by atoms with E-state index in [1.807, 2.05) is 0 Å². The minimum Gasteiger partial charge on any atom is -0.460 e. The molecule has 2 aliphatic carbocycles. The van der Waals surface area contributed by atoms with Crippen LogP contribution in [0.2, 0.25) is 0 Å². The Kier molecular flexibility index (Phi) is 4.67. The molecule has 134 valence electrons. The molecular weight excluding hydrogens is 340 g/mol. The van der Waals surface area contributed by atoms with Gasteiger partial charge in [0.2, 0.25) is 0 Å². The van der Waals surface area contributed by atoms with Crippen LogP contribution >= 0.6 is 0 Å². The Morgan fingerprint density at radius 3 is 2.62 bits per heavy atom. The third-order valence-corrected chi connectivity index (χ3v) is 6.51. The molecule has 3 aliphatic rings. The number of carbonyl (C=O) groups excluding carboxylic acids is 2. The van der Waals surface area contributed by atoms with Gasteiger partial charge in [-0.2, -0.15) is 8.42 Å². The zero-order chi connectivity index (χ0) is 17.5. The lowest BCUT2D eigenvalue weighted by Gasteiger charge is -2.24. The van der Waals surface area contributed by atoms with Gasteiger partial charge in [-0.3, -0.25) is 4.18 Å². The van der Waals surface area contributed by atoms with E-state index in [1.165, 1.54) is 6.92 Å². The van der Waals surface area contributed by atoms with E-state index in [-0.39, 0.29) is 37.2 Å². The molecule has 5 atom stereocenters. The van der Waals surface area contributed by atoms with Crippen molar-refractivity contribution in [1.29, 1.82) is 0 Å². The molecule has 1 saturated heterocycles. The Bertz CT molecular complexity index is 654. The number of esters is 2. The van der Waals surface area contributed by atoms with Gasteiger partial charge in [0.25, 0.3) is 10.1 Å². The summed E-state index contributed by atoms with van der Waals surface area (Å²) in [4.78, 5) is 22.8. The number of hydrogen-bond acceptors (Lipinski definition) is 8. The van der Waals surface area contributed by atoms with Crippen molar-refractivity contribution in [2.24, 2.45) is 11.8 Å². The molecule has 2 saturated carbocycles. The van der Waals surface area contributed by atoms with E-state index in [1.54, 1.807) is 0 Å². The highest BCUT2D eigenvalue weighted by atomic mass is 32.2. The van der Waals surface area contributed by atoms with Gasteiger partial charge in [-0.05, 0) is 25.7 Å². The van der Waals surface area contributed by atoms with E-state index in [0.717, 1.165) is 6.42 Å². The van der Waals surface area contributed by atoms with E-state index >= 15 is 0 Å². The predicted molar refractivity (Wildman–Crippen MR) is 80.3 cm³/mol. The Labute approximate surface area is 140 Å². The second-order valence-corrected chi connectivity index (χ2v) is 8.18. The maximum Gasteiger partial charge on any atom is 0.333 e. The lowest BCUT2D eigenvalue weighted by Crippen LogP contribution is -2.37. The van der Waals surface area contributed by atoms with Crippen molar-refractivity contribution in [2.45, 2.75) is 37.2 Å². The van der Waals surface area contributed by atoms with Crippen molar-refractivity contribution in [3.63, 3.8) is 0 Å². The Balaban J connectivity index is 1.39. The van der Waals surface area contributed by atoms with Crippen LogP contribution in [0.4, 0.5) is 0 Å². The molecule has 0 aromatic heterocycles. The van der Waals surface area contributed by atoms with Gasteiger partial charge < -0.3 is 14.2 Å². The smallest absolute Gasteiger partial charge is 0.333 e. The summed E-state index contributed by atoms with van der Waals surface area (Å²) >= 11 is 0. The van der Waals surface area contributed by atoms with Crippen LogP contribution in [0.1, 0.15) is 19.8 Å². The fourth-order valence-electron chi connectivity index (χ4n) is 3.73. The van der Waals surface area contributed by atoms with E-state index in [9.17, 15) is 18.0 Å². The highest BCUT2D eigenvalue weighted by molar-refractivity contribution is 7.87. The molecule has 9 heteroatoms. The fourth-order valence-corrected chi connectivity index (χ4v) is 5.61. The quantitative estimate of drug-likeness (QED) is 0.274. The van der Waals surface area contributed by atoms with Crippen molar-refractivity contribution in [3.05, 3.63) is 12.2 Å². The SMILES string of the molecule is C=C(C)C(=O)OCCOC(=O)COC1C2CC3C1OS(=O)(=O)C3C2. The van der Waals surface area contributed by atoms with Crippen LogP contribution in [-0.4, -0.2) is 57.6 Å². The second-order valence-electron chi connectivity index (χ2n) is 6.40. The van der Waals surface area contributed by atoms with Gasteiger partial charge in [-0.1, -0.05) is 6.58 Å². The number of rotatable bonds is 7. The lowest BCUT2D eigenvalue weighted by molar-refractivity contribution is -0.157. The molecule has 1 aliphatic heterocycles. The van der Waals surface area contributed by atoms with Gasteiger partial charge in [0.15, 0.2) is 0 Å². The largest absolute Gasteiger partial charge is 0.460 e. The summed E-state index contributed by atoms with van der Waals surface area (Å²) in [6, 6.07) is 0. The lowest BCUT2D eigenvalue weighted by atomic mass is 9.94. The molecule has 3 rings (SSSR count). The summed E-state index contributed by atoms with van der Waals surface area (Å²) in [7, 11) is -3.49. The first-order chi connectivity index (χ1) is 11.3. The van der Waals surface area contributed by atoms with Gasteiger partial charge in [-0.15, -0.1) is 0 Å². The molecular formula is C15H20O8S. The molecule has 0 spiro atoms. The molecule has 1 heterocycles. The first-order valence-corrected chi connectivity index (χ1v) is 9.28. The van der Waals surface area contributed by atoms with Gasteiger partial charge in [-0.25, -0.2) is 9.59 Å². The highest BCUT2D eigenvalue weighted by Gasteiger charge is 2.64. The molecule has 3 fully saturated rings. The van der Waals surface area contributed by atoms with E-state index in [2.05, 4.69) is 6.58 Å². The van der Waals surface area contributed by atoms with Crippen LogP contribution in [0.25, 0.3) is 0 Å². The zero-order valence-electron chi connectivity index (χ0n) is 13.3. The van der Waals surface area contributed by atoms with Gasteiger partial charge in [0.1, 0.15) is 25.9 Å². The minimum atomic E-state index is -3.49. The summed E-state index contributed by atoms with van der Waals surface area (Å²) in [6.07, 6.45) is 0.408. The summed E-state index contributed by atoms with van der Waals surface area (Å²) in [5.74, 6) is -1.06. The standard InChI is InChI=1S/C15H20O8S/c1-8(2)15(17)21-4-3-20-12(16)7-22-13-9-5-10-11(6-9)24(18,19)23-14(10)13/h9-11,13-14H,1,3-7H2,2H3. The number of carbonyl (C=O) groups is 2. The first kappa shape index (κ1) is 17.4. The molecule has 0 amide bonds. The normalized spacial score (nSPS) is 35.0. The predicted octanol–water partition coefficient (Wildman–Crippen LogP) is 0.171. The average Bonchev–Trinajstić information content (AvgIpc) is 3.11. The van der Waals surface area contributed by atoms with Crippen LogP contribution in [-0.2, 0) is 38.1 Å². The molecule has 0 aromatic rings. The van der Waals surface area contributed by atoms with E-state index in [0.29, 0.717) is 6.42 Å². The van der Waals surface area contributed by atoms with Crippen LogP contribution in [0.15, 0.2) is 12.2 Å². The van der Waals surface area contributed by atoms with Crippen molar-refractivity contribution in [1.82, 2.24) is 0 Å². The topological polar surface area (TPSA) is 105 Å². The molecule has 24 heavy (non-hydrogen) atoms. The van der Waals surface area contributed by atoms with Crippen molar-refractivity contribution in [2.75, 3.05) is 19.8 Å². The highest BCUT2D eigenvalue weighted by Crippen LogP contribution is 2.55. The summed E-state index contributed by atoms with van der Waals surface area (Å²) in [5, 5.41) is -0.415. The van der Waals surface area contributed by atoms with Crippen LogP contribution in [0.5, 0.6) is 0 Å². The molecule has 2 bridgehead atoms. The maximum atomic E-state index is 11.8. The van der Waals surface area contributed by atoms with Gasteiger partial charge in [0.05, 0.1) is 11.4 Å². The van der Waals surface area contributed by atoms with Crippen molar-refractivity contribution >= 4 is 22.1 Å². The summed E-state index contributed by atoms with van der Waals surface area (Å²) < 4.78 is 44.0. The fraction of sp³-hybridized carbons (Fsp3) is 0.733. The van der Waals surface area contributed by atoms with Crippen LogP contribution in [0.3, 0.4) is 0 Å². The molecule has 5 unspecified atom stereocenters. The Hall–Kier alpha value is -1.45. The zero-order valence-corrected chi connectivity index (χ0v) is 14.1. The van der Waals surface area contributed by atoms with E-state index in [4.69, 9.17) is 18.4 Å².